The summed E-state index contributed by atoms with van der Waals surface area (Å²) >= 11 is 1.40. The number of amides is 1. The van der Waals surface area contributed by atoms with E-state index in [1.807, 2.05) is 44.2 Å². The first kappa shape index (κ1) is 19.8. The fourth-order valence-electron chi connectivity index (χ4n) is 3.67. The van der Waals surface area contributed by atoms with E-state index in [4.69, 9.17) is 9.47 Å². The zero-order valence-electron chi connectivity index (χ0n) is 16.6. The third-order valence-electron chi connectivity index (χ3n) is 5.31. The van der Waals surface area contributed by atoms with Gasteiger partial charge in [-0.1, -0.05) is 18.2 Å². The SMILES string of the molecule is CCOC(=O)C1CCN(C2=NC(=O)C(=CC3=Cc4ccccc4OC3C)S2)CC1. The quantitative estimate of drug-likeness (QED) is 0.558. The second kappa shape index (κ2) is 8.45. The molecule has 29 heavy (non-hydrogen) atoms. The number of esters is 1. The Labute approximate surface area is 174 Å². The van der Waals surface area contributed by atoms with Gasteiger partial charge in [0.05, 0.1) is 17.4 Å². The first-order valence-corrected chi connectivity index (χ1v) is 10.8. The number of hydrogen-bond donors (Lipinski definition) is 0. The highest BCUT2D eigenvalue weighted by atomic mass is 32.2. The molecule has 0 aromatic heterocycles. The van der Waals surface area contributed by atoms with Gasteiger partial charge in [-0.05, 0) is 62.2 Å². The topological polar surface area (TPSA) is 68.2 Å². The number of hydrogen-bond acceptors (Lipinski definition) is 6. The lowest BCUT2D eigenvalue weighted by Crippen LogP contribution is -2.39. The van der Waals surface area contributed by atoms with Gasteiger partial charge in [0.25, 0.3) is 5.91 Å². The molecule has 3 aliphatic heterocycles. The summed E-state index contributed by atoms with van der Waals surface area (Å²) in [6.45, 7) is 5.61. The highest BCUT2D eigenvalue weighted by Gasteiger charge is 2.32. The van der Waals surface area contributed by atoms with E-state index in [0.717, 1.165) is 29.7 Å². The summed E-state index contributed by atoms with van der Waals surface area (Å²) in [5.74, 6) is 0.455. The summed E-state index contributed by atoms with van der Waals surface area (Å²) in [5.41, 5.74) is 1.96. The molecule has 1 atom stereocenters. The molecule has 0 aliphatic carbocycles. The molecule has 0 bridgehead atoms. The standard InChI is InChI=1S/C22H24N2O4S/c1-3-27-21(26)15-8-10-24(11-9-15)22-23-20(25)19(29-22)13-17-12-16-6-4-5-7-18(16)28-14(17)2/h4-7,12-15H,3,8-11H2,1-2H3. The molecular formula is C22H24N2O4S. The molecule has 3 heterocycles. The Balaban J connectivity index is 1.43. The van der Waals surface area contributed by atoms with Crippen LogP contribution in [0.5, 0.6) is 5.75 Å². The number of carbonyl (C=O) groups is 2. The zero-order valence-corrected chi connectivity index (χ0v) is 17.4. The summed E-state index contributed by atoms with van der Waals surface area (Å²) in [4.78, 5) is 31.3. The summed E-state index contributed by atoms with van der Waals surface area (Å²) in [5, 5.41) is 0.717. The van der Waals surface area contributed by atoms with Gasteiger partial charge in [0.1, 0.15) is 11.9 Å². The Morgan fingerprint density at radius 2 is 2.10 bits per heavy atom. The van der Waals surface area contributed by atoms with Gasteiger partial charge in [0.15, 0.2) is 5.17 Å². The number of piperidine rings is 1. The van der Waals surface area contributed by atoms with Crippen molar-refractivity contribution in [1.82, 2.24) is 4.90 Å². The molecule has 1 unspecified atom stereocenters. The van der Waals surface area contributed by atoms with Crippen molar-refractivity contribution >= 4 is 34.9 Å². The number of rotatable bonds is 3. The third kappa shape index (κ3) is 4.24. The van der Waals surface area contributed by atoms with Crippen LogP contribution in [0, 0.1) is 5.92 Å². The lowest BCUT2D eigenvalue weighted by atomic mass is 9.97. The maximum absolute atomic E-state index is 12.5. The normalized spacial score (nSPS) is 23.4. The highest BCUT2D eigenvalue weighted by Crippen LogP contribution is 2.35. The second-order valence-corrected chi connectivity index (χ2v) is 8.27. The predicted octanol–water partition coefficient (Wildman–Crippen LogP) is 3.64. The van der Waals surface area contributed by atoms with Crippen LogP contribution >= 0.6 is 11.8 Å². The average molecular weight is 413 g/mol. The number of nitrogens with zero attached hydrogens (tertiary/aromatic N) is 2. The van der Waals surface area contributed by atoms with E-state index < -0.39 is 0 Å². The molecule has 1 fully saturated rings. The number of thioether (sulfide) groups is 1. The van der Waals surface area contributed by atoms with Gasteiger partial charge in [-0.15, -0.1) is 0 Å². The van der Waals surface area contributed by atoms with Crippen LogP contribution in [0.15, 0.2) is 45.8 Å². The van der Waals surface area contributed by atoms with E-state index in [-0.39, 0.29) is 23.9 Å². The van der Waals surface area contributed by atoms with Crippen LogP contribution in [-0.2, 0) is 14.3 Å². The molecule has 0 N–H and O–H groups in total. The number of likely N-dealkylation sites (tertiary alicyclic amines) is 1. The van der Waals surface area contributed by atoms with Crippen molar-refractivity contribution in [3.05, 3.63) is 46.4 Å². The number of benzene rings is 1. The molecule has 0 spiro atoms. The van der Waals surface area contributed by atoms with Crippen LogP contribution in [0.4, 0.5) is 0 Å². The molecule has 152 valence electrons. The molecule has 1 amide bonds. The third-order valence-corrected chi connectivity index (χ3v) is 6.35. The molecule has 1 aromatic carbocycles. The monoisotopic (exact) mass is 412 g/mol. The maximum Gasteiger partial charge on any atom is 0.309 e. The van der Waals surface area contributed by atoms with E-state index >= 15 is 0 Å². The number of ether oxygens (including phenoxy) is 2. The number of aliphatic imine (C=N–C) groups is 1. The predicted molar refractivity (Wildman–Crippen MR) is 114 cm³/mol. The van der Waals surface area contributed by atoms with Gasteiger partial charge in [-0.25, -0.2) is 0 Å². The minimum atomic E-state index is -0.218. The number of para-hydroxylation sites is 1. The van der Waals surface area contributed by atoms with E-state index in [2.05, 4.69) is 16.0 Å². The Morgan fingerprint density at radius 1 is 1.34 bits per heavy atom. The van der Waals surface area contributed by atoms with Crippen molar-refractivity contribution in [3.63, 3.8) is 0 Å². The van der Waals surface area contributed by atoms with E-state index in [1.165, 1.54) is 11.8 Å². The fourth-order valence-corrected chi connectivity index (χ4v) is 4.64. The molecule has 7 heteroatoms. The van der Waals surface area contributed by atoms with Crippen molar-refractivity contribution in [2.75, 3.05) is 19.7 Å². The van der Waals surface area contributed by atoms with Gasteiger partial charge >= 0.3 is 5.97 Å². The molecule has 0 saturated carbocycles. The Kier molecular flexibility index (Phi) is 5.76. The van der Waals surface area contributed by atoms with Gasteiger partial charge in [-0.3, -0.25) is 9.59 Å². The number of fused-ring (bicyclic) bond motifs is 1. The number of amidine groups is 1. The van der Waals surface area contributed by atoms with Crippen LogP contribution in [0.1, 0.15) is 32.3 Å². The average Bonchev–Trinajstić information content (AvgIpc) is 3.09. The van der Waals surface area contributed by atoms with Gasteiger partial charge in [0.2, 0.25) is 0 Å². The van der Waals surface area contributed by atoms with Crippen molar-refractivity contribution in [1.29, 1.82) is 0 Å². The first-order valence-electron chi connectivity index (χ1n) is 9.96. The molecule has 1 aromatic rings. The maximum atomic E-state index is 12.5. The van der Waals surface area contributed by atoms with E-state index in [9.17, 15) is 9.59 Å². The summed E-state index contributed by atoms with van der Waals surface area (Å²) in [6, 6.07) is 7.86. The minimum Gasteiger partial charge on any atom is -0.485 e. The molecule has 6 nitrogen and oxygen atoms in total. The van der Waals surface area contributed by atoms with Gasteiger partial charge in [0, 0.05) is 18.7 Å². The molecular weight excluding hydrogens is 388 g/mol. The smallest absolute Gasteiger partial charge is 0.309 e. The number of carbonyl (C=O) groups excluding carboxylic acids is 2. The molecule has 0 radical (unpaired) electrons. The minimum absolute atomic E-state index is 0.0608. The van der Waals surface area contributed by atoms with Crippen molar-refractivity contribution in [3.8, 4) is 5.75 Å². The van der Waals surface area contributed by atoms with Gasteiger partial charge < -0.3 is 14.4 Å². The van der Waals surface area contributed by atoms with Crippen LogP contribution in [0.25, 0.3) is 6.08 Å². The molecule has 1 saturated heterocycles. The largest absolute Gasteiger partial charge is 0.485 e. The van der Waals surface area contributed by atoms with Crippen LogP contribution in [-0.4, -0.2) is 47.7 Å². The Hall–Kier alpha value is -2.54. The van der Waals surface area contributed by atoms with Crippen molar-refractivity contribution in [2.24, 2.45) is 10.9 Å². The summed E-state index contributed by atoms with van der Waals surface area (Å²) < 4.78 is 11.1. The van der Waals surface area contributed by atoms with Crippen LogP contribution in [0.2, 0.25) is 0 Å². The Bertz CT molecular complexity index is 913. The van der Waals surface area contributed by atoms with E-state index in [0.29, 0.717) is 29.8 Å². The Morgan fingerprint density at radius 3 is 2.86 bits per heavy atom. The summed E-state index contributed by atoms with van der Waals surface area (Å²) in [7, 11) is 0. The molecule has 4 rings (SSSR count). The lowest BCUT2D eigenvalue weighted by molar-refractivity contribution is -0.149. The zero-order chi connectivity index (χ0) is 20.4. The van der Waals surface area contributed by atoms with Crippen LogP contribution < -0.4 is 4.74 Å². The van der Waals surface area contributed by atoms with Gasteiger partial charge in [-0.2, -0.15) is 4.99 Å². The molecule has 3 aliphatic rings. The first-order chi connectivity index (χ1) is 14.0. The fraction of sp³-hybridized carbons (Fsp3) is 0.409. The second-order valence-electron chi connectivity index (χ2n) is 7.27. The van der Waals surface area contributed by atoms with Crippen molar-refractivity contribution in [2.45, 2.75) is 32.8 Å². The summed E-state index contributed by atoms with van der Waals surface area (Å²) in [6.07, 6.45) is 5.26. The highest BCUT2D eigenvalue weighted by molar-refractivity contribution is 8.18. The lowest BCUT2D eigenvalue weighted by Gasteiger charge is -2.31. The van der Waals surface area contributed by atoms with Crippen LogP contribution in [0.3, 0.4) is 0 Å². The van der Waals surface area contributed by atoms with E-state index in [1.54, 1.807) is 0 Å². The van der Waals surface area contributed by atoms with Crippen molar-refractivity contribution < 1.29 is 19.1 Å².